The SMILES string of the molecule is Cc1ccccc1C(C)N1CCCNC(CC(C)C)C1. The van der Waals surface area contributed by atoms with Crippen LogP contribution in [-0.4, -0.2) is 30.6 Å². The Morgan fingerprint density at radius 3 is 2.70 bits per heavy atom. The molecule has 0 spiro atoms. The minimum Gasteiger partial charge on any atom is -0.313 e. The Morgan fingerprint density at radius 2 is 2.00 bits per heavy atom. The van der Waals surface area contributed by atoms with Crippen LogP contribution in [0.5, 0.6) is 0 Å². The summed E-state index contributed by atoms with van der Waals surface area (Å²) in [4.78, 5) is 2.66. The molecule has 2 rings (SSSR count). The lowest BCUT2D eigenvalue weighted by Crippen LogP contribution is -2.39. The molecular formula is C18H30N2. The summed E-state index contributed by atoms with van der Waals surface area (Å²) in [6, 6.07) is 9.98. The lowest BCUT2D eigenvalue weighted by molar-refractivity contribution is 0.199. The van der Waals surface area contributed by atoms with Crippen LogP contribution in [-0.2, 0) is 0 Å². The third-order valence-electron chi connectivity index (χ3n) is 4.45. The first kappa shape index (κ1) is 15.5. The number of aryl methyl sites for hydroxylation is 1. The first-order valence-corrected chi connectivity index (χ1v) is 8.11. The third kappa shape index (κ3) is 4.07. The van der Waals surface area contributed by atoms with Gasteiger partial charge in [0.05, 0.1) is 0 Å². The first-order valence-electron chi connectivity index (χ1n) is 8.11. The molecule has 0 amide bonds. The predicted molar refractivity (Wildman–Crippen MR) is 87.0 cm³/mol. The summed E-state index contributed by atoms with van der Waals surface area (Å²) in [6.45, 7) is 12.8. The van der Waals surface area contributed by atoms with Crippen molar-refractivity contribution >= 4 is 0 Å². The second-order valence-electron chi connectivity index (χ2n) is 6.66. The Hall–Kier alpha value is -0.860. The maximum atomic E-state index is 3.72. The molecule has 0 saturated carbocycles. The summed E-state index contributed by atoms with van der Waals surface area (Å²) in [5, 5.41) is 3.72. The molecule has 1 aromatic rings. The van der Waals surface area contributed by atoms with E-state index in [2.05, 4.69) is 62.2 Å². The van der Waals surface area contributed by atoms with E-state index in [0.29, 0.717) is 12.1 Å². The Labute approximate surface area is 124 Å². The molecule has 0 radical (unpaired) electrons. The van der Waals surface area contributed by atoms with Crippen LogP contribution in [0.25, 0.3) is 0 Å². The van der Waals surface area contributed by atoms with Crippen LogP contribution in [0.15, 0.2) is 24.3 Å². The van der Waals surface area contributed by atoms with Gasteiger partial charge >= 0.3 is 0 Å². The van der Waals surface area contributed by atoms with Crippen molar-refractivity contribution in [1.29, 1.82) is 0 Å². The summed E-state index contributed by atoms with van der Waals surface area (Å²) in [6.07, 6.45) is 2.53. The molecular weight excluding hydrogens is 244 g/mol. The van der Waals surface area contributed by atoms with Crippen molar-refractivity contribution < 1.29 is 0 Å². The average molecular weight is 274 g/mol. The van der Waals surface area contributed by atoms with Gasteiger partial charge in [-0.1, -0.05) is 38.1 Å². The molecule has 2 unspecified atom stereocenters. The van der Waals surface area contributed by atoms with Gasteiger partial charge < -0.3 is 5.32 Å². The van der Waals surface area contributed by atoms with Crippen molar-refractivity contribution in [2.45, 2.75) is 52.6 Å². The van der Waals surface area contributed by atoms with Gasteiger partial charge in [0.2, 0.25) is 0 Å². The summed E-state index contributed by atoms with van der Waals surface area (Å²) in [7, 11) is 0. The molecule has 1 N–H and O–H groups in total. The van der Waals surface area contributed by atoms with E-state index in [4.69, 9.17) is 0 Å². The van der Waals surface area contributed by atoms with Crippen LogP contribution in [0.4, 0.5) is 0 Å². The van der Waals surface area contributed by atoms with Gasteiger partial charge in [0, 0.05) is 25.2 Å². The summed E-state index contributed by atoms with van der Waals surface area (Å²) >= 11 is 0. The third-order valence-corrected chi connectivity index (χ3v) is 4.45. The highest BCUT2D eigenvalue weighted by Gasteiger charge is 2.23. The summed E-state index contributed by atoms with van der Waals surface area (Å²) in [5.41, 5.74) is 2.90. The van der Waals surface area contributed by atoms with E-state index >= 15 is 0 Å². The summed E-state index contributed by atoms with van der Waals surface area (Å²) in [5.74, 6) is 0.765. The van der Waals surface area contributed by atoms with Crippen molar-refractivity contribution in [2.24, 2.45) is 5.92 Å². The average Bonchev–Trinajstić information content (AvgIpc) is 2.63. The van der Waals surface area contributed by atoms with Crippen molar-refractivity contribution in [1.82, 2.24) is 10.2 Å². The highest BCUT2D eigenvalue weighted by Crippen LogP contribution is 2.25. The van der Waals surface area contributed by atoms with E-state index < -0.39 is 0 Å². The number of benzene rings is 1. The zero-order valence-electron chi connectivity index (χ0n) is 13.5. The van der Waals surface area contributed by atoms with Crippen LogP contribution >= 0.6 is 0 Å². The Balaban J connectivity index is 2.07. The lowest BCUT2D eigenvalue weighted by Gasteiger charge is -2.31. The van der Waals surface area contributed by atoms with E-state index in [1.807, 2.05) is 0 Å². The van der Waals surface area contributed by atoms with Gasteiger partial charge in [-0.25, -0.2) is 0 Å². The highest BCUT2D eigenvalue weighted by molar-refractivity contribution is 5.28. The fraction of sp³-hybridized carbons (Fsp3) is 0.667. The van der Waals surface area contributed by atoms with Gasteiger partial charge in [-0.2, -0.15) is 0 Å². The minimum atomic E-state index is 0.519. The molecule has 2 nitrogen and oxygen atoms in total. The van der Waals surface area contributed by atoms with Crippen molar-refractivity contribution in [3.05, 3.63) is 35.4 Å². The van der Waals surface area contributed by atoms with Crippen LogP contribution in [0.2, 0.25) is 0 Å². The molecule has 1 aliphatic heterocycles. The maximum Gasteiger partial charge on any atom is 0.0323 e. The largest absolute Gasteiger partial charge is 0.313 e. The topological polar surface area (TPSA) is 15.3 Å². The molecule has 2 atom stereocenters. The zero-order chi connectivity index (χ0) is 14.5. The molecule has 1 fully saturated rings. The second-order valence-corrected chi connectivity index (χ2v) is 6.66. The highest BCUT2D eigenvalue weighted by atomic mass is 15.2. The monoisotopic (exact) mass is 274 g/mol. The van der Waals surface area contributed by atoms with Gasteiger partial charge in [0.1, 0.15) is 0 Å². The maximum absolute atomic E-state index is 3.72. The molecule has 0 aromatic heterocycles. The normalized spacial score (nSPS) is 22.8. The molecule has 2 heteroatoms. The van der Waals surface area contributed by atoms with Gasteiger partial charge in [0.25, 0.3) is 0 Å². The van der Waals surface area contributed by atoms with Crippen LogP contribution in [0.3, 0.4) is 0 Å². The lowest BCUT2D eigenvalue weighted by atomic mass is 9.99. The van der Waals surface area contributed by atoms with E-state index in [9.17, 15) is 0 Å². The van der Waals surface area contributed by atoms with Crippen LogP contribution < -0.4 is 5.32 Å². The van der Waals surface area contributed by atoms with Gasteiger partial charge in [-0.3, -0.25) is 4.90 Å². The molecule has 1 aromatic carbocycles. The number of hydrogen-bond donors (Lipinski definition) is 1. The molecule has 1 heterocycles. The van der Waals surface area contributed by atoms with E-state index in [-0.39, 0.29) is 0 Å². The number of nitrogens with zero attached hydrogens (tertiary/aromatic N) is 1. The van der Waals surface area contributed by atoms with Gasteiger partial charge in [-0.15, -0.1) is 0 Å². The van der Waals surface area contributed by atoms with Gasteiger partial charge in [0.15, 0.2) is 0 Å². The van der Waals surface area contributed by atoms with Crippen molar-refractivity contribution in [3.8, 4) is 0 Å². The Bertz CT molecular complexity index is 414. The molecule has 20 heavy (non-hydrogen) atoms. The van der Waals surface area contributed by atoms with E-state index in [0.717, 1.165) is 12.5 Å². The van der Waals surface area contributed by atoms with E-state index in [1.165, 1.54) is 37.1 Å². The Kier molecular flexibility index (Phi) is 5.62. The fourth-order valence-electron chi connectivity index (χ4n) is 3.36. The molecule has 0 aliphatic carbocycles. The number of hydrogen-bond acceptors (Lipinski definition) is 2. The standard InChI is InChI=1S/C18H30N2/c1-14(2)12-17-13-20(11-7-10-19-17)16(4)18-9-6-5-8-15(18)3/h5-6,8-9,14,16-17,19H,7,10-13H2,1-4H3. The molecule has 112 valence electrons. The second kappa shape index (κ2) is 7.24. The molecule has 0 bridgehead atoms. The first-order chi connectivity index (χ1) is 9.58. The molecule has 1 aliphatic rings. The molecule has 1 saturated heterocycles. The predicted octanol–water partition coefficient (Wildman–Crippen LogP) is 3.77. The summed E-state index contributed by atoms with van der Waals surface area (Å²) < 4.78 is 0. The van der Waals surface area contributed by atoms with Crippen molar-refractivity contribution in [2.75, 3.05) is 19.6 Å². The minimum absolute atomic E-state index is 0.519. The smallest absolute Gasteiger partial charge is 0.0323 e. The Morgan fingerprint density at radius 1 is 1.25 bits per heavy atom. The quantitative estimate of drug-likeness (QED) is 0.899. The fourth-order valence-corrected chi connectivity index (χ4v) is 3.36. The van der Waals surface area contributed by atoms with Crippen LogP contribution in [0.1, 0.15) is 50.8 Å². The van der Waals surface area contributed by atoms with Crippen molar-refractivity contribution in [3.63, 3.8) is 0 Å². The van der Waals surface area contributed by atoms with Gasteiger partial charge in [-0.05, 0) is 50.3 Å². The van der Waals surface area contributed by atoms with E-state index in [1.54, 1.807) is 0 Å². The number of rotatable bonds is 4. The zero-order valence-corrected chi connectivity index (χ0v) is 13.5. The van der Waals surface area contributed by atoms with Crippen LogP contribution in [0, 0.1) is 12.8 Å². The number of nitrogens with one attached hydrogen (secondary N) is 1.